The molecule has 2 aromatic carbocycles. The predicted molar refractivity (Wildman–Crippen MR) is 97.4 cm³/mol. The van der Waals surface area contributed by atoms with Crippen LogP contribution in [-0.4, -0.2) is 0 Å². The molecule has 2 heteroatoms. The van der Waals surface area contributed by atoms with Crippen LogP contribution in [0.5, 0.6) is 0 Å². The second-order valence-electron chi connectivity index (χ2n) is 6.54. The van der Waals surface area contributed by atoms with Gasteiger partial charge >= 0.3 is 0 Å². The van der Waals surface area contributed by atoms with Gasteiger partial charge in [-0.3, -0.25) is 0 Å². The Labute approximate surface area is 144 Å². The van der Waals surface area contributed by atoms with Gasteiger partial charge in [0.15, 0.2) is 11.6 Å². The Balaban J connectivity index is 1.98. The Morgan fingerprint density at radius 3 is 1.67 bits per heavy atom. The van der Waals surface area contributed by atoms with Crippen molar-refractivity contribution in [1.82, 2.24) is 0 Å². The maximum atomic E-state index is 14.3. The third-order valence-corrected chi connectivity index (χ3v) is 4.54. The molecule has 0 aliphatic heterocycles. The van der Waals surface area contributed by atoms with E-state index in [2.05, 4.69) is 38.1 Å². The van der Waals surface area contributed by atoms with E-state index in [0.717, 1.165) is 38.5 Å². The van der Waals surface area contributed by atoms with E-state index in [1.165, 1.54) is 11.1 Å². The summed E-state index contributed by atoms with van der Waals surface area (Å²) < 4.78 is 28.4. The maximum absolute atomic E-state index is 14.3. The van der Waals surface area contributed by atoms with Crippen molar-refractivity contribution in [2.75, 3.05) is 0 Å². The molecule has 0 aromatic heterocycles. The molecular formula is C22H28F2. The smallest absolute Gasteiger partial charge is 0.162 e. The summed E-state index contributed by atoms with van der Waals surface area (Å²) in [6, 6.07) is 12.0. The minimum atomic E-state index is -0.661. The molecule has 2 rings (SSSR count). The van der Waals surface area contributed by atoms with Gasteiger partial charge in [-0.05, 0) is 54.4 Å². The van der Waals surface area contributed by atoms with Crippen LogP contribution in [0.25, 0.3) is 0 Å². The van der Waals surface area contributed by atoms with E-state index in [9.17, 15) is 8.78 Å². The zero-order valence-corrected chi connectivity index (χ0v) is 14.9. The van der Waals surface area contributed by atoms with E-state index in [4.69, 9.17) is 0 Å². The zero-order valence-electron chi connectivity index (χ0n) is 14.9. The molecule has 0 bridgehead atoms. The fraction of sp³-hybridized carbons (Fsp3) is 0.455. The van der Waals surface area contributed by atoms with Crippen LogP contribution < -0.4 is 0 Å². The lowest BCUT2D eigenvalue weighted by molar-refractivity contribution is 0.487. The normalized spacial score (nSPS) is 11.0. The van der Waals surface area contributed by atoms with E-state index in [-0.39, 0.29) is 0 Å². The average molecular weight is 330 g/mol. The Hall–Kier alpha value is -1.70. The molecule has 130 valence electrons. The van der Waals surface area contributed by atoms with Gasteiger partial charge in [0, 0.05) is 0 Å². The molecule has 0 radical (unpaired) electrons. The minimum absolute atomic E-state index is 0.476. The highest BCUT2D eigenvalue weighted by Gasteiger charge is 2.13. The highest BCUT2D eigenvalue weighted by Crippen LogP contribution is 2.20. The molecule has 0 aliphatic carbocycles. The summed E-state index contributed by atoms with van der Waals surface area (Å²) in [7, 11) is 0. The van der Waals surface area contributed by atoms with E-state index >= 15 is 0 Å². The number of unbranched alkanes of at least 4 members (excludes halogenated alkanes) is 2. The zero-order chi connectivity index (χ0) is 17.4. The van der Waals surface area contributed by atoms with Gasteiger partial charge in [0.2, 0.25) is 0 Å². The summed E-state index contributed by atoms with van der Waals surface area (Å²) in [5.41, 5.74) is 3.48. The molecular weight excluding hydrogens is 302 g/mol. The van der Waals surface area contributed by atoms with Crippen molar-refractivity contribution in [2.24, 2.45) is 0 Å². The van der Waals surface area contributed by atoms with Crippen molar-refractivity contribution < 1.29 is 8.78 Å². The maximum Gasteiger partial charge on any atom is 0.162 e. The molecule has 0 heterocycles. The average Bonchev–Trinajstić information content (AvgIpc) is 2.60. The van der Waals surface area contributed by atoms with Crippen LogP contribution in [0.15, 0.2) is 36.4 Å². The number of aryl methyl sites for hydroxylation is 4. The van der Waals surface area contributed by atoms with Gasteiger partial charge in [0.05, 0.1) is 0 Å². The second-order valence-corrected chi connectivity index (χ2v) is 6.54. The van der Waals surface area contributed by atoms with Crippen molar-refractivity contribution in [1.29, 1.82) is 0 Å². The van der Waals surface area contributed by atoms with Gasteiger partial charge < -0.3 is 0 Å². The first-order valence-electron chi connectivity index (χ1n) is 9.19. The molecule has 24 heavy (non-hydrogen) atoms. The van der Waals surface area contributed by atoms with Crippen molar-refractivity contribution in [2.45, 2.75) is 65.2 Å². The fourth-order valence-corrected chi connectivity index (χ4v) is 3.02. The predicted octanol–water partition coefficient (Wildman–Crippen LogP) is 6.44. The summed E-state index contributed by atoms with van der Waals surface area (Å²) >= 11 is 0. The minimum Gasteiger partial charge on any atom is -0.203 e. The quantitative estimate of drug-likeness (QED) is 0.464. The van der Waals surface area contributed by atoms with Gasteiger partial charge in [-0.15, -0.1) is 0 Å². The van der Waals surface area contributed by atoms with Gasteiger partial charge in [-0.25, -0.2) is 8.78 Å². The molecule has 0 saturated heterocycles. The lowest BCUT2D eigenvalue weighted by Gasteiger charge is -2.09. The van der Waals surface area contributed by atoms with E-state index in [1.807, 2.05) is 0 Å². The summed E-state index contributed by atoms with van der Waals surface area (Å²) in [5.74, 6) is -1.31. The molecule has 0 unspecified atom stereocenters. The van der Waals surface area contributed by atoms with Crippen LogP contribution in [0, 0.1) is 11.6 Å². The SMILES string of the molecule is CCCCCc1ccc(CCc2ccc(CCC)cc2)c(F)c1F. The number of rotatable bonds is 9. The van der Waals surface area contributed by atoms with Crippen LogP contribution in [0.4, 0.5) is 8.78 Å². The Morgan fingerprint density at radius 1 is 0.583 bits per heavy atom. The highest BCUT2D eigenvalue weighted by molar-refractivity contribution is 5.29. The third kappa shape index (κ3) is 5.15. The molecule has 0 aliphatic rings. The van der Waals surface area contributed by atoms with Gasteiger partial charge in [0.1, 0.15) is 0 Å². The van der Waals surface area contributed by atoms with Gasteiger partial charge in [0.25, 0.3) is 0 Å². The molecule has 2 aromatic rings. The number of hydrogen-bond donors (Lipinski definition) is 0. The van der Waals surface area contributed by atoms with Crippen molar-refractivity contribution >= 4 is 0 Å². The van der Waals surface area contributed by atoms with Gasteiger partial charge in [-0.1, -0.05) is 69.5 Å². The summed E-state index contributed by atoms with van der Waals surface area (Å²) in [6.07, 6.45) is 7.15. The standard InChI is InChI=1S/C22H28F2/c1-3-5-6-8-19-15-16-20(22(24)21(19)23)14-13-18-11-9-17(7-4-2)10-12-18/h9-12,15-16H,3-8,13-14H2,1-2H3. The molecule has 0 atom stereocenters. The van der Waals surface area contributed by atoms with Crippen molar-refractivity contribution in [3.63, 3.8) is 0 Å². The summed E-state index contributed by atoms with van der Waals surface area (Å²) in [6.45, 7) is 4.27. The topological polar surface area (TPSA) is 0 Å². The largest absolute Gasteiger partial charge is 0.203 e. The lowest BCUT2D eigenvalue weighted by atomic mass is 9.99. The fourth-order valence-electron chi connectivity index (χ4n) is 3.02. The number of benzene rings is 2. The molecule has 0 fully saturated rings. The molecule has 0 saturated carbocycles. The summed E-state index contributed by atoms with van der Waals surface area (Å²) in [5, 5.41) is 0. The van der Waals surface area contributed by atoms with Crippen LogP contribution in [0.3, 0.4) is 0 Å². The van der Waals surface area contributed by atoms with Gasteiger partial charge in [-0.2, -0.15) is 0 Å². The monoisotopic (exact) mass is 330 g/mol. The Morgan fingerprint density at radius 2 is 1.12 bits per heavy atom. The highest BCUT2D eigenvalue weighted by atomic mass is 19.2. The molecule has 0 N–H and O–H groups in total. The van der Waals surface area contributed by atoms with Crippen LogP contribution in [-0.2, 0) is 25.7 Å². The van der Waals surface area contributed by atoms with E-state index in [1.54, 1.807) is 12.1 Å². The number of halogens is 2. The van der Waals surface area contributed by atoms with Crippen LogP contribution >= 0.6 is 0 Å². The third-order valence-electron chi connectivity index (χ3n) is 4.54. The Kier molecular flexibility index (Phi) is 7.42. The number of hydrogen-bond acceptors (Lipinski definition) is 0. The van der Waals surface area contributed by atoms with E-state index < -0.39 is 11.6 Å². The first kappa shape index (κ1) is 18.6. The van der Waals surface area contributed by atoms with Crippen LogP contribution in [0.1, 0.15) is 61.8 Å². The Bertz CT molecular complexity index is 629. The molecule has 0 amide bonds. The van der Waals surface area contributed by atoms with Crippen molar-refractivity contribution in [3.05, 3.63) is 70.3 Å². The summed E-state index contributed by atoms with van der Waals surface area (Å²) in [4.78, 5) is 0. The molecule has 0 nitrogen and oxygen atoms in total. The second kappa shape index (κ2) is 9.56. The van der Waals surface area contributed by atoms with Crippen molar-refractivity contribution in [3.8, 4) is 0 Å². The van der Waals surface area contributed by atoms with E-state index in [0.29, 0.717) is 24.0 Å². The lowest BCUT2D eigenvalue weighted by Crippen LogP contribution is -2.02. The van der Waals surface area contributed by atoms with Crippen LogP contribution in [0.2, 0.25) is 0 Å². The first-order chi connectivity index (χ1) is 11.7. The molecule has 0 spiro atoms. The first-order valence-corrected chi connectivity index (χ1v) is 9.19.